The van der Waals surface area contributed by atoms with Crippen molar-refractivity contribution in [3.63, 3.8) is 0 Å². The van der Waals surface area contributed by atoms with E-state index < -0.39 is 5.97 Å². The lowest BCUT2D eigenvalue weighted by atomic mass is 10.2. The Labute approximate surface area is 118 Å². The molecular weight excluding hydrogens is 276 g/mol. The molecule has 20 heavy (non-hydrogen) atoms. The third kappa shape index (κ3) is 2.00. The fraction of sp³-hybridized carbons (Fsp3) is 0.0714. The van der Waals surface area contributed by atoms with Crippen molar-refractivity contribution in [2.75, 3.05) is 7.11 Å². The van der Waals surface area contributed by atoms with Crippen LogP contribution >= 0.6 is 11.3 Å². The third-order valence-electron chi connectivity index (χ3n) is 2.83. The Balaban J connectivity index is 2.15. The number of hydrogen-bond acceptors (Lipinski definition) is 6. The SMILES string of the molecule is COC(=O)c1sc2nc(-c3ccccc3)ncc2c1O. The molecule has 0 atom stereocenters. The molecule has 0 aliphatic rings. The summed E-state index contributed by atoms with van der Waals surface area (Å²) in [4.78, 5) is 20.8. The summed E-state index contributed by atoms with van der Waals surface area (Å²) in [5.41, 5.74) is 0.877. The quantitative estimate of drug-likeness (QED) is 0.733. The topological polar surface area (TPSA) is 72.3 Å². The minimum Gasteiger partial charge on any atom is -0.505 e. The van der Waals surface area contributed by atoms with E-state index in [1.807, 2.05) is 30.3 Å². The van der Waals surface area contributed by atoms with E-state index in [1.165, 1.54) is 13.3 Å². The van der Waals surface area contributed by atoms with Crippen LogP contribution in [0.3, 0.4) is 0 Å². The number of aromatic nitrogens is 2. The highest BCUT2D eigenvalue weighted by atomic mass is 32.1. The molecule has 3 aromatic rings. The minimum atomic E-state index is -0.577. The van der Waals surface area contributed by atoms with Gasteiger partial charge in [-0.15, -0.1) is 11.3 Å². The molecule has 0 bridgehead atoms. The number of ether oxygens (including phenoxy) is 1. The summed E-state index contributed by atoms with van der Waals surface area (Å²) in [6, 6.07) is 9.50. The number of benzene rings is 1. The maximum Gasteiger partial charge on any atom is 0.351 e. The zero-order valence-electron chi connectivity index (χ0n) is 10.5. The Kier molecular flexibility index (Phi) is 3.08. The second-order valence-electron chi connectivity index (χ2n) is 4.05. The predicted octanol–water partition coefficient (Wildman–Crippen LogP) is 2.85. The predicted molar refractivity (Wildman–Crippen MR) is 75.9 cm³/mol. The Morgan fingerprint density at radius 2 is 2.05 bits per heavy atom. The van der Waals surface area contributed by atoms with Gasteiger partial charge in [0.2, 0.25) is 0 Å². The van der Waals surface area contributed by atoms with Gasteiger partial charge < -0.3 is 9.84 Å². The molecule has 0 saturated carbocycles. The Hall–Kier alpha value is -2.47. The van der Waals surface area contributed by atoms with Crippen molar-refractivity contribution >= 4 is 27.5 Å². The van der Waals surface area contributed by atoms with E-state index in [-0.39, 0.29) is 10.6 Å². The van der Waals surface area contributed by atoms with E-state index in [1.54, 1.807) is 0 Å². The van der Waals surface area contributed by atoms with Crippen molar-refractivity contribution in [2.45, 2.75) is 0 Å². The van der Waals surface area contributed by atoms with Gasteiger partial charge in [-0.05, 0) is 0 Å². The number of hydrogen-bond donors (Lipinski definition) is 1. The van der Waals surface area contributed by atoms with Gasteiger partial charge in [0.1, 0.15) is 4.83 Å². The Bertz CT molecular complexity index is 784. The van der Waals surface area contributed by atoms with Crippen LogP contribution in [-0.4, -0.2) is 28.2 Å². The number of methoxy groups -OCH3 is 1. The molecule has 0 spiro atoms. The van der Waals surface area contributed by atoms with E-state index >= 15 is 0 Å². The van der Waals surface area contributed by atoms with Gasteiger partial charge >= 0.3 is 5.97 Å². The molecule has 0 amide bonds. The zero-order valence-corrected chi connectivity index (χ0v) is 11.3. The molecule has 0 aliphatic carbocycles. The first-order valence-corrected chi connectivity index (χ1v) is 6.64. The van der Waals surface area contributed by atoms with Gasteiger partial charge in [-0.2, -0.15) is 0 Å². The van der Waals surface area contributed by atoms with Crippen LogP contribution < -0.4 is 0 Å². The van der Waals surface area contributed by atoms with Crippen molar-refractivity contribution in [3.05, 3.63) is 41.4 Å². The van der Waals surface area contributed by atoms with Gasteiger partial charge in [-0.3, -0.25) is 0 Å². The van der Waals surface area contributed by atoms with E-state index in [9.17, 15) is 9.90 Å². The van der Waals surface area contributed by atoms with Crippen molar-refractivity contribution in [1.29, 1.82) is 0 Å². The molecule has 1 N–H and O–H groups in total. The van der Waals surface area contributed by atoms with Gasteiger partial charge in [-0.25, -0.2) is 14.8 Å². The first-order chi connectivity index (χ1) is 9.70. The van der Waals surface area contributed by atoms with Crippen molar-refractivity contribution < 1.29 is 14.6 Å². The van der Waals surface area contributed by atoms with Gasteiger partial charge in [0.25, 0.3) is 0 Å². The van der Waals surface area contributed by atoms with Gasteiger partial charge in [0.05, 0.1) is 12.5 Å². The van der Waals surface area contributed by atoms with Crippen LogP contribution in [0.15, 0.2) is 36.5 Å². The van der Waals surface area contributed by atoms with Gasteiger partial charge in [-0.1, -0.05) is 30.3 Å². The van der Waals surface area contributed by atoms with Crippen molar-refractivity contribution in [3.8, 4) is 17.1 Å². The fourth-order valence-corrected chi connectivity index (χ4v) is 2.79. The monoisotopic (exact) mass is 286 g/mol. The van der Waals surface area contributed by atoms with E-state index in [0.29, 0.717) is 16.0 Å². The number of carbonyl (C=O) groups is 1. The minimum absolute atomic E-state index is 0.128. The summed E-state index contributed by atoms with van der Waals surface area (Å²) in [6.07, 6.45) is 1.52. The summed E-state index contributed by atoms with van der Waals surface area (Å²) >= 11 is 1.09. The first-order valence-electron chi connectivity index (χ1n) is 5.83. The molecule has 100 valence electrons. The fourth-order valence-electron chi connectivity index (χ4n) is 1.83. The number of carbonyl (C=O) groups excluding carboxylic acids is 1. The normalized spacial score (nSPS) is 10.7. The van der Waals surface area contributed by atoms with E-state index in [2.05, 4.69) is 14.7 Å². The molecule has 0 aliphatic heterocycles. The number of rotatable bonds is 2. The summed E-state index contributed by atoms with van der Waals surface area (Å²) in [5, 5.41) is 10.4. The molecule has 0 fully saturated rings. The molecule has 0 saturated heterocycles. The standard InChI is InChI=1S/C14H10N2O3S/c1-19-14(18)11-10(17)9-7-15-12(16-13(9)20-11)8-5-3-2-4-6-8/h2-7,17H,1H3. The average molecular weight is 286 g/mol. The van der Waals surface area contributed by atoms with Crippen LogP contribution in [0, 0.1) is 0 Å². The largest absolute Gasteiger partial charge is 0.505 e. The highest BCUT2D eigenvalue weighted by molar-refractivity contribution is 7.20. The van der Waals surface area contributed by atoms with E-state index in [0.717, 1.165) is 16.9 Å². The Morgan fingerprint density at radius 3 is 2.75 bits per heavy atom. The van der Waals surface area contributed by atoms with Crippen LogP contribution in [0.1, 0.15) is 9.67 Å². The second kappa shape index (κ2) is 4.90. The number of thiophene rings is 1. The van der Waals surface area contributed by atoms with Crippen LogP contribution in [-0.2, 0) is 4.74 Å². The van der Waals surface area contributed by atoms with Crippen LogP contribution in [0.5, 0.6) is 5.75 Å². The zero-order chi connectivity index (χ0) is 14.1. The maximum absolute atomic E-state index is 11.5. The van der Waals surface area contributed by atoms with E-state index in [4.69, 9.17) is 0 Å². The molecule has 0 radical (unpaired) electrons. The van der Waals surface area contributed by atoms with Crippen LogP contribution in [0.2, 0.25) is 0 Å². The molecule has 1 aromatic carbocycles. The summed E-state index contributed by atoms with van der Waals surface area (Å²) in [7, 11) is 1.27. The number of fused-ring (bicyclic) bond motifs is 1. The van der Waals surface area contributed by atoms with Gasteiger partial charge in [0.15, 0.2) is 16.5 Å². The lowest BCUT2D eigenvalue weighted by Crippen LogP contribution is -1.97. The molecule has 0 unspecified atom stereocenters. The lowest BCUT2D eigenvalue weighted by Gasteiger charge is -1.98. The average Bonchev–Trinajstić information content (AvgIpc) is 2.84. The van der Waals surface area contributed by atoms with Gasteiger partial charge in [0, 0.05) is 11.8 Å². The number of aromatic hydroxyl groups is 1. The highest BCUT2D eigenvalue weighted by Crippen LogP contribution is 2.36. The Morgan fingerprint density at radius 1 is 1.30 bits per heavy atom. The molecule has 3 rings (SSSR count). The summed E-state index contributed by atoms with van der Waals surface area (Å²) in [5.74, 6) is -0.154. The van der Waals surface area contributed by atoms with Crippen LogP contribution in [0.25, 0.3) is 21.6 Å². The van der Waals surface area contributed by atoms with Crippen molar-refractivity contribution in [1.82, 2.24) is 9.97 Å². The number of nitrogens with zero attached hydrogens (tertiary/aromatic N) is 2. The smallest absolute Gasteiger partial charge is 0.351 e. The maximum atomic E-state index is 11.5. The summed E-state index contributed by atoms with van der Waals surface area (Å²) < 4.78 is 4.62. The molecular formula is C14H10N2O3S. The number of esters is 1. The second-order valence-corrected chi connectivity index (χ2v) is 5.05. The van der Waals surface area contributed by atoms with Crippen LogP contribution in [0.4, 0.5) is 0 Å². The lowest BCUT2D eigenvalue weighted by molar-refractivity contribution is 0.0603. The first kappa shape index (κ1) is 12.6. The van der Waals surface area contributed by atoms with Crippen molar-refractivity contribution in [2.24, 2.45) is 0 Å². The molecule has 5 nitrogen and oxygen atoms in total. The molecule has 6 heteroatoms. The summed E-state index contributed by atoms with van der Waals surface area (Å²) in [6.45, 7) is 0. The molecule has 2 aromatic heterocycles. The highest BCUT2D eigenvalue weighted by Gasteiger charge is 2.20. The molecule has 2 heterocycles. The third-order valence-corrected chi connectivity index (χ3v) is 3.89.